The number of aromatic amines is 1. The number of nitrogens with zero attached hydrogens (tertiary/aromatic N) is 2. The summed E-state index contributed by atoms with van der Waals surface area (Å²) in [4.78, 5) is 12.7. The van der Waals surface area contributed by atoms with Crippen molar-refractivity contribution >= 4 is 11.0 Å². The molecule has 0 aliphatic carbocycles. The normalized spacial score (nSPS) is 16.3. The minimum Gasteiger partial charge on any atom is -0.408 e. The molecule has 0 saturated heterocycles. The maximum Gasteiger partial charge on any atom is 0.416 e. The maximum atomic E-state index is 14.1. The number of hydrogen-bond donors (Lipinski definition) is 2. The number of H-pyrrole nitrogens is 1. The Morgan fingerprint density at radius 3 is 2.47 bits per heavy atom. The first-order valence-corrected chi connectivity index (χ1v) is 10.5. The van der Waals surface area contributed by atoms with Crippen molar-refractivity contribution in [1.29, 1.82) is 0 Å². The van der Waals surface area contributed by atoms with Gasteiger partial charge < -0.3 is 9.82 Å². The summed E-state index contributed by atoms with van der Waals surface area (Å²) in [7, 11) is 0. The summed E-state index contributed by atoms with van der Waals surface area (Å²) in [5.41, 5.74) is 1.28. The van der Waals surface area contributed by atoms with Gasteiger partial charge in [-0.15, -0.1) is 5.48 Å². The molecule has 186 valence electrons. The fraction of sp³-hybridized carbons (Fsp3) is 0.167. The van der Waals surface area contributed by atoms with Crippen LogP contribution < -0.4 is 10.0 Å². The van der Waals surface area contributed by atoms with Crippen LogP contribution in [0.4, 0.5) is 30.7 Å². The van der Waals surface area contributed by atoms with Crippen LogP contribution in [0.15, 0.2) is 72.9 Å². The summed E-state index contributed by atoms with van der Waals surface area (Å²) < 4.78 is 95.1. The van der Waals surface area contributed by atoms with E-state index in [0.717, 1.165) is 6.07 Å². The number of benzene rings is 2. The second-order valence-corrected chi connectivity index (χ2v) is 8.14. The van der Waals surface area contributed by atoms with Crippen LogP contribution in [0.5, 0.6) is 0 Å². The predicted octanol–water partition coefficient (Wildman–Crippen LogP) is 5.85. The Morgan fingerprint density at radius 2 is 1.75 bits per heavy atom. The monoisotopic (exact) mass is 509 g/mol. The molecule has 5 nitrogen and oxygen atoms in total. The number of allylic oxidation sites excluding steroid dienone is 1. The quantitative estimate of drug-likeness (QED) is 0.268. The Balaban J connectivity index is 1.40. The van der Waals surface area contributed by atoms with Gasteiger partial charge in [0, 0.05) is 11.6 Å². The van der Waals surface area contributed by atoms with Gasteiger partial charge in [-0.1, -0.05) is 18.2 Å². The first-order chi connectivity index (χ1) is 17.0. The molecule has 12 heteroatoms. The third kappa shape index (κ3) is 4.63. The largest absolute Gasteiger partial charge is 0.416 e. The van der Waals surface area contributed by atoms with Crippen LogP contribution in [0.3, 0.4) is 0 Å². The summed E-state index contributed by atoms with van der Waals surface area (Å²) >= 11 is 0. The third-order valence-electron chi connectivity index (χ3n) is 5.66. The smallest absolute Gasteiger partial charge is 0.408 e. The van der Waals surface area contributed by atoms with Gasteiger partial charge in [0.15, 0.2) is 5.76 Å². The van der Waals surface area contributed by atoms with Gasteiger partial charge in [0.05, 0.1) is 22.9 Å². The summed E-state index contributed by atoms with van der Waals surface area (Å²) in [6, 6.07) is 8.28. The third-order valence-corrected chi connectivity index (χ3v) is 5.66. The molecule has 5 rings (SSSR count). The molecule has 2 aromatic carbocycles. The van der Waals surface area contributed by atoms with Gasteiger partial charge in [-0.05, 0) is 40.9 Å². The van der Waals surface area contributed by atoms with Crippen LogP contribution in [0, 0.1) is 5.82 Å². The Hall–Kier alpha value is -3.93. The van der Waals surface area contributed by atoms with Gasteiger partial charge in [-0.2, -0.15) is 26.3 Å². The van der Waals surface area contributed by atoms with E-state index >= 15 is 0 Å². The van der Waals surface area contributed by atoms with Gasteiger partial charge >= 0.3 is 12.4 Å². The van der Waals surface area contributed by atoms with Gasteiger partial charge in [-0.3, -0.25) is 0 Å². The molecule has 4 aromatic rings. The highest BCUT2D eigenvalue weighted by Gasteiger charge is 2.40. The van der Waals surface area contributed by atoms with E-state index in [9.17, 15) is 30.7 Å². The van der Waals surface area contributed by atoms with Crippen LogP contribution >= 0.6 is 0 Å². The van der Waals surface area contributed by atoms with E-state index in [1.165, 1.54) is 18.5 Å². The SMILES string of the molecule is Fc1ccccc1-c1cc2nc[n+](CC3=CC(c4ccc(C(F)(F)F)cc4C(F)(F)F)NO3)cc2[nH]1. The fourth-order valence-electron chi connectivity index (χ4n) is 3.97. The molecule has 1 atom stereocenters. The lowest BCUT2D eigenvalue weighted by Gasteiger charge is -2.18. The minimum atomic E-state index is -5.00. The van der Waals surface area contributed by atoms with Crippen molar-refractivity contribution in [2.75, 3.05) is 0 Å². The number of halogens is 7. The summed E-state index contributed by atoms with van der Waals surface area (Å²) in [5, 5.41) is 0. The zero-order valence-electron chi connectivity index (χ0n) is 18.1. The number of nitrogens with one attached hydrogen (secondary N) is 2. The molecule has 0 fully saturated rings. The number of alkyl halides is 6. The minimum absolute atomic E-state index is 0.0719. The Morgan fingerprint density at radius 1 is 0.972 bits per heavy atom. The molecule has 0 radical (unpaired) electrons. The van der Waals surface area contributed by atoms with E-state index in [1.807, 2.05) is 0 Å². The molecule has 1 aliphatic rings. The Bertz CT molecular complexity index is 1470. The summed E-state index contributed by atoms with van der Waals surface area (Å²) in [6.07, 6.45) is -5.41. The Labute approximate surface area is 198 Å². The number of hydrogen-bond acceptors (Lipinski definition) is 3. The lowest BCUT2D eigenvalue weighted by molar-refractivity contribution is -0.693. The van der Waals surface area contributed by atoms with E-state index in [4.69, 9.17) is 4.84 Å². The molecule has 0 spiro atoms. The highest BCUT2D eigenvalue weighted by atomic mass is 19.4. The lowest BCUT2D eigenvalue weighted by atomic mass is 9.97. The summed E-state index contributed by atoms with van der Waals surface area (Å²) in [5.74, 6) is -0.167. The van der Waals surface area contributed by atoms with Crippen molar-refractivity contribution in [1.82, 2.24) is 15.4 Å². The number of aromatic nitrogens is 3. The van der Waals surface area contributed by atoms with Crippen molar-refractivity contribution in [3.05, 3.63) is 95.4 Å². The van der Waals surface area contributed by atoms with Crippen LogP contribution in [0.25, 0.3) is 22.3 Å². The molecule has 0 bridgehead atoms. The fourth-order valence-corrected chi connectivity index (χ4v) is 3.97. The molecule has 1 aliphatic heterocycles. The van der Waals surface area contributed by atoms with Crippen molar-refractivity contribution in [3.8, 4) is 11.3 Å². The van der Waals surface area contributed by atoms with Gasteiger partial charge in [-0.25, -0.2) is 8.96 Å². The Kier molecular flexibility index (Phi) is 5.70. The van der Waals surface area contributed by atoms with Crippen LogP contribution in [-0.4, -0.2) is 9.97 Å². The molecule has 0 amide bonds. The summed E-state index contributed by atoms with van der Waals surface area (Å²) in [6.45, 7) is 0.0719. The van der Waals surface area contributed by atoms with Crippen molar-refractivity contribution in [2.24, 2.45) is 0 Å². The van der Waals surface area contributed by atoms with E-state index in [-0.39, 0.29) is 18.4 Å². The zero-order valence-corrected chi connectivity index (χ0v) is 18.1. The molecule has 1 unspecified atom stereocenters. The van der Waals surface area contributed by atoms with Gasteiger partial charge in [0.1, 0.15) is 24.1 Å². The van der Waals surface area contributed by atoms with Crippen LogP contribution in [0.1, 0.15) is 22.7 Å². The molecule has 3 heterocycles. The topological polar surface area (TPSA) is 53.8 Å². The van der Waals surface area contributed by atoms with E-state index in [0.29, 0.717) is 28.4 Å². The molecule has 2 aromatic heterocycles. The first-order valence-electron chi connectivity index (χ1n) is 10.5. The van der Waals surface area contributed by atoms with Gasteiger partial charge in [0.2, 0.25) is 5.52 Å². The van der Waals surface area contributed by atoms with Crippen LogP contribution in [-0.2, 0) is 23.7 Å². The maximum absolute atomic E-state index is 14.1. The second-order valence-electron chi connectivity index (χ2n) is 8.14. The average Bonchev–Trinajstić information content (AvgIpc) is 3.44. The molecular weight excluding hydrogens is 493 g/mol. The van der Waals surface area contributed by atoms with Crippen molar-refractivity contribution in [3.63, 3.8) is 0 Å². The van der Waals surface area contributed by atoms with Crippen LogP contribution in [0.2, 0.25) is 0 Å². The lowest BCUT2D eigenvalue weighted by Crippen LogP contribution is -2.34. The van der Waals surface area contributed by atoms with E-state index < -0.39 is 40.9 Å². The molecular formula is C24H16F7N4O+. The zero-order chi connectivity index (χ0) is 25.7. The number of hydroxylamine groups is 1. The van der Waals surface area contributed by atoms with Crippen molar-refractivity contribution < 1.29 is 40.1 Å². The van der Waals surface area contributed by atoms with Gasteiger partial charge in [0.25, 0.3) is 6.33 Å². The van der Waals surface area contributed by atoms with E-state index in [1.54, 1.807) is 35.0 Å². The van der Waals surface area contributed by atoms with Crippen molar-refractivity contribution in [2.45, 2.75) is 24.9 Å². The highest BCUT2D eigenvalue weighted by Crippen LogP contribution is 2.40. The standard InChI is InChI=1S/C24H15F7N4O/c25-18-4-2-1-3-16(18)19-9-21-22(33-19)11-35(12-32-21)10-14-8-20(34-36-14)15-6-5-13(23(26,27)28)7-17(15)24(29,30)31/h1-9,11-12,20,34H,10H2/p+1. The number of fused-ring (bicyclic) bond motifs is 1. The van der Waals surface area contributed by atoms with E-state index in [2.05, 4.69) is 15.4 Å². The first kappa shape index (κ1) is 23.8. The highest BCUT2D eigenvalue weighted by molar-refractivity contribution is 5.81. The second kappa shape index (κ2) is 8.63. The average molecular weight is 509 g/mol. The molecule has 36 heavy (non-hydrogen) atoms. The molecule has 0 saturated carbocycles. The molecule has 2 N–H and O–H groups in total. The number of rotatable bonds is 4. The predicted molar refractivity (Wildman–Crippen MR) is 113 cm³/mol.